The number of hydrogen-bond acceptors (Lipinski definition) is 8. The van der Waals surface area contributed by atoms with Crippen LogP contribution in [-0.2, 0) is 9.53 Å². The van der Waals surface area contributed by atoms with Crippen LogP contribution in [0.2, 0.25) is 0 Å². The second-order valence-electron chi connectivity index (χ2n) is 9.75. The number of nitrogens with one attached hydrogen (secondary N) is 1. The molecule has 3 aromatic rings. The Bertz CT molecular complexity index is 1370. The molecule has 0 aliphatic carbocycles. The number of carbonyl (C=O) groups is 2. The molecule has 4 heterocycles. The minimum Gasteiger partial charge on any atom is -0.497 e. The van der Waals surface area contributed by atoms with Gasteiger partial charge in [-0.15, -0.1) is 11.8 Å². The lowest BCUT2D eigenvalue weighted by Gasteiger charge is -2.38. The summed E-state index contributed by atoms with van der Waals surface area (Å²) in [7, 11) is 1.62. The van der Waals surface area contributed by atoms with Gasteiger partial charge in [-0.3, -0.25) is 14.7 Å². The van der Waals surface area contributed by atoms with E-state index in [4.69, 9.17) is 9.47 Å². The molecule has 2 saturated heterocycles. The topological polar surface area (TPSA) is 104 Å². The molecule has 0 bridgehead atoms. The summed E-state index contributed by atoms with van der Waals surface area (Å²) >= 11 is 1.49. The quantitative estimate of drug-likeness (QED) is 0.524. The number of β-amino-alcohol motifs (C(OH)–C–C–N with tert-alkyl or cyclic N) is 1. The van der Waals surface area contributed by atoms with Crippen molar-refractivity contribution in [2.45, 2.75) is 29.4 Å². The van der Waals surface area contributed by atoms with Crippen LogP contribution < -0.4 is 15.0 Å². The van der Waals surface area contributed by atoms with E-state index >= 15 is 0 Å². The van der Waals surface area contributed by atoms with E-state index in [1.54, 1.807) is 18.2 Å². The van der Waals surface area contributed by atoms with Crippen LogP contribution in [0.25, 0.3) is 10.9 Å². The SMILES string of the molecule is COc1ccc2nccc([C@H](O)CN3CCC4(CC3)CN(c3ccc5c(c3)NC(=O)CS5)C(=O)O4)c2c1. The van der Waals surface area contributed by atoms with E-state index in [1.807, 2.05) is 42.5 Å². The lowest BCUT2D eigenvalue weighted by atomic mass is 9.90. The van der Waals surface area contributed by atoms with Gasteiger partial charge in [0.1, 0.15) is 11.4 Å². The smallest absolute Gasteiger partial charge is 0.415 e. The number of aromatic nitrogens is 1. The molecule has 9 nitrogen and oxygen atoms in total. The van der Waals surface area contributed by atoms with E-state index in [1.165, 1.54) is 11.8 Å². The molecule has 0 saturated carbocycles. The average molecular weight is 521 g/mol. The molecule has 37 heavy (non-hydrogen) atoms. The first-order chi connectivity index (χ1) is 17.9. The number of ether oxygens (including phenoxy) is 2. The van der Waals surface area contributed by atoms with Gasteiger partial charge >= 0.3 is 6.09 Å². The summed E-state index contributed by atoms with van der Waals surface area (Å²) in [6.45, 7) is 2.37. The molecular formula is C27H28N4O5S. The summed E-state index contributed by atoms with van der Waals surface area (Å²) in [5, 5.41) is 14.9. The van der Waals surface area contributed by atoms with Crippen molar-refractivity contribution < 1.29 is 24.2 Å². The Labute approximate surface area is 218 Å². The second-order valence-corrected chi connectivity index (χ2v) is 10.8. The van der Waals surface area contributed by atoms with Gasteiger partial charge in [-0.25, -0.2) is 4.79 Å². The highest BCUT2D eigenvalue weighted by Crippen LogP contribution is 2.39. The van der Waals surface area contributed by atoms with E-state index in [9.17, 15) is 14.7 Å². The number of amides is 2. The van der Waals surface area contributed by atoms with Crippen molar-refractivity contribution in [2.75, 3.05) is 49.3 Å². The number of nitrogens with zero attached hydrogens (tertiary/aromatic N) is 3. The summed E-state index contributed by atoms with van der Waals surface area (Å²) in [5.41, 5.74) is 2.54. The Kier molecular flexibility index (Phi) is 6.18. The molecular weight excluding hydrogens is 492 g/mol. The van der Waals surface area contributed by atoms with E-state index in [0.717, 1.165) is 38.5 Å². The minimum atomic E-state index is -0.683. The zero-order valence-electron chi connectivity index (χ0n) is 20.5. The minimum absolute atomic E-state index is 0.0384. The van der Waals surface area contributed by atoms with Gasteiger partial charge in [-0.05, 0) is 48.0 Å². The number of pyridine rings is 1. The Morgan fingerprint density at radius 2 is 2.03 bits per heavy atom. The van der Waals surface area contributed by atoms with Crippen molar-refractivity contribution in [3.63, 3.8) is 0 Å². The fourth-order valence-corrected chi connectivity index (χ4v) is 6.16. The van der Waals surface area contributed by atoms with Crippen LogP contribution in [0.3, 0.4) is 0 Å². The monoisotopic (exact) mass is 520 g/mol. The highest BCUT2D eigenvalue weighted by Gasteiger charge is 2.47. The van der Waals surface area contributed by atoms with Crippen molar-refractivity contribution in [1.29, 1.82) is 0 Å². The predicted octanol–water partition coefficient (Wildman–Crippen LogP) is 3.81. The van der Waals surface area contributed by atoms with Gasteiger partial charge in [0.05, 0.1) is 36.7 Å². The fourth-order valence-electron chi connectivity index (χ4n) is 5.37. The van der Waals surface area contributed by atoms with Crippen LogP contribution in [-0.4, -0.2) is 71.6 Å². The fraction of sp³-hybridized carbons (Fsp3) is 0.370. The first kappa shape index (κ1) is 24.0. The highest BCUT2D eigenvalue weighted by molar-refractivity contribution is 8.00. The van der Waals surface area contributed by atoms with Gasteiger partial charge in [0.2, 0.25) is 5.91 Å². The normalized spacial score (nSPS) is 20.0. The lowest BCUT2D eigenvalue weighted by molar-refractivity contribution is -0.113. The number of hydrogen-bond donors (Lipinski definition) is 2. The first-order valence-corrected chi connectivity index (χ1v) is 13.3. The molecule has 2 aromatic carbocycles. The van der Waals surface area contributed by atoms with Gasteiger partial charge in [0.15, 0.2) is 0 Å². The number of methoxy groups -OCH3 is 1. The van der Waals surface area contributed by atoms with E-state index in [0.29, 0.717) is 44.8 Å². The molecule has 2 amide bonds. The number of benzene rings is 2. The van der Waals surface area contributed by atoms with Crippen molar-refractivity contribution in [1.82, 2.24) is 9.88 Å². The molecule has 2 N–H and O–H groups in total. The molecule has 10 heteroatoms. The maximum absolute atomic E-state index is 12.8. The molecule has 1 spiro atoms. The number of thioether (sulfide) groups is 1. The molecule has 0 radical (unpaired) electrons. The third-order valence-corrected chi connectivity index (χ3v) is 8.49. The van der Waals surface area contributed by atoms with Crippen LogP contribution in [0, 0.1) is 0 Å². The number of piperidine rings is 1. The zero-order valence-corrected chi connectivity index (χ0v) is 21.3. The Balaban J connectivity index is 1.12. The van der Waals surface area contributed by atoms with Gasteiger partial charge in [-0.1, -0.05) is 0 Å². The van der Waals surface area contributed by atoms with Crippen molar-refractivity contribution in [3.05, 3.63) is 54.2 Å². The summed E-state index contributed by atoms with van der Waals surface area (Å²) < 4.78 is 11.3. The van der Waals surface area contributed by atoms with E-state index in [-0.39, 0.29) is 12.0 Å². The maximum atomic E-state index is 12.8. The van der Waals surface area contributed by atoms with Crippen LogP contribution in [0.1, 0.15) is 24.5 Å². The molecule has 0 unspecified atom stereocenters. The van der Waals surface area contributed by atoms with Crippen LogP contribution >= 0.6 is 11.8 Å². The van der Waals surface area contributed by atoms with Gasteiger partial charge < -0.3 is 24.8 Å². The largest absolute Gasteiger partial charge is 0.497 e. The predicted molar refractivity (Wildman–Crippen MR) is 141 cm³/mol. The van der Waals surface area contributed by atoms with E-state index < -0.39 is 11.7 Å². The van der Waals surface area contributed by atoms with E-state index in [2.05, 4.69) is 15.2 Å². The number of carbonyl (C=O) groups excluding carboxylic acids is 2. The van der Waals surface area contributed by atoms with Crippen molar-refractivity contribution >= 4 is 46.0 Å². The summed E-state index contributed by atoms with van der Waals surface area (Å²) in [5.74, 6) is 1.09. The third-order valence-electron chi connectivity index (χ3n) is 7.42. The molecule has 2 fully saturated rings. The average Bonchev–Trinajstić information content (AvgIpc) is 3.24. The summed E-state index contributed by atoms with van der Waals surface area (Å²) in [4.78, 5) is 33.9. The lowest BCUT2D eigenvalue weighted by Crippen LogP contribution is -2.47. The molecule has 1 aromatic heterocycles. The standard InChI is InChI=1S/C27H28N4O5S/c1-35-18-3-4-21-20(13-18)19(6-9-28-21)23(32)14-30-10-7-27(8-11-30)16-31(26(34)36-27)17-2-5-24-22(12-17)29-25(33)15-37-24/h2-6,9,12-13,23,32H,7-8,10-11,14-16H2,1H3,(H,29,33)/t23-/m1/s1. The summed E-state index contributed by atoms with van der Waals surface area (Å²) in [6, 6.07) is 13.2. The second kappa shape index (κ2) is 9.51. The van der Waals surface area contributed by atoms with Gasteiger partial charge in [0.25, 0.3) is 0 Å². The number of aliphatic hydroxyl groups is 1. The van der Waals surface area contributed by atoms with Gasteiger partial charge in [0, 0.05) is 54.6 Å². The summed E-state index contributed by atoms with van der Waals surface area (Å²) in [6.07, 6.45) is 2.04. The highest BCUT2D eigenvalue weighted by atomic mass is 32.2. The van der Waals surface area contributed by atoms with Crippen LogP contribution in [0.5, 0.6) is 5.75 Å². The Hall–Kier alpha value is -3.34. The number of fused-ring (bicyclic) bond motifs is 2. The maximum Gasteiger partial charge on any atom is 0.415 e. The number of aliphatic hydroxyl groups excluding tert-OH is 1. The number of anilines is 2. The van der Waals surface area contributed by atoms with Gasteiger partial charge in [-0.2, -0.15) is 0 Å². The Morgan fingerprint density at radius 1 is 1.19 bits per heavy atom. The van der Waals surface area contributed by atoms with Crippen LogP contribution in [0.15, 0.2) is 53.6 Å². The molecule has 3 aliphatic rings. The first-order valence-electron chi connectivity index (χ1n) is 12.3. The third kappa shape index (κ3) is 4.60. The van der Waals surface area contributed by atoms with Crippen molar-refractivity contribution in [3.8, 4) is 5.75 Å². The zero-order chi connectivity index (χ0) is 25.6. The number of rotatable bonds is 5. The molecule has 192 valence electrons. The molecule has 1 atom stereocenters. The van der Waals surface area contributed by atoms with Crippen molar-refractivity contribution in [2.24, 2.45) is 0 Å². The Morgan fingerprint density at radius 3 is 2.84 bits per heavy atom. The molecule has 6 rings (SSSR count). The number of likely N-dealkylation sites (tertiary alicyclic amines) is 1. The molecule has 3 aliphatic heterocycles. The van der Waals surface area contributed by atoms with Crippen LogP contribution in [0.4, 0.5) is 16.2 Å².